The third-order valence-electron chi connectivity index (χ3n) is 8.86. The van der Waals surface area contributed by atoms with Crippen LogP contribution < -0.4 is 0 Å². The highest BCUT2D eigenvalue weighted by Crippen LogP contribution is 2.47. The normalized spacial score (nSPS) is 16.2. The first-order chi connectivity index (χ1) is 31.0. The van der Waals surface area contributed by atoms with E-state index in [-0.39, 0.29) is 34.0 Å². The molecular formula is C48H30O. The summed E-state index contributed by atoms with van der Waals surface area (Å²) in [6.45, 7) is 0. The van der Waals surface area contributed by atoms with E-state index in [0.717, 1.165) is 16.5 Å². The number of benzene rings is 9. The van der Waals surface area contributed by atoms with Crippen LogP contribution in [0.25, 0.3) is 98.8 Å². The maximum Gasteiger partial charge on any atom is 0.136 e. The fraction of sp³-hybridized carbons (Fsp3) is 0. The second kappa shape index (κ2) is 11.1. The Morgan fingerprint density at radius 3 is 1.82 bits per heavy atom. The number of fused-ring (bicyclic) bond motifs is 6. The predicted octanol–water partition coefficient (Wildman–Crippen LogP) is 13.7. The molecule has 10 aromatic rings. The Hall–Kier alpha value is -6.44. The van der Waals surface area contributed by atoms with Gasteiger partial charge in [-0.05, 0) is 107 Å². The summed E-state index contributed by atoms with van der Waals surface area (Å²) >= 11 is 0. The zero-order valence-electron chi connectivity index (χ0n) is 41.5. The van der Waals surface area contributed by atoms with Crippen LogP contribution in [0.2, 0.25) is 0 Å². The Morgan fingerprint density at radius 1 is 0.388 bits per heavy atom. The molecule has 228 valence electrons. The topological polar surface area (TPSA) is 13.1 Å². The average Bonchev–Trinajstić information content (AvgIpc) is 3.68. The molecular weight excluding hydrogens is 593 g/mol. The van der Waals surface area contributed by atoms with Gasteiger partial charge in [-0.2, -0.15) is 0 Å². The first-order valence-corrected chi connectivity index (χ1v) is 15.5. The van der Waals surface area contributed by atoms with Gasteiger partial charge in [0.15, 0.2) is 0 Å². The van der Waals surface area contributed by atoms with Gasteiger partial charge in [-0.1, -0.05) is 151 Å². The minimum Gasteiger partial charge on any atom is -0.456 e. The summed E-state index contributed by atoms with van der Waals surface area (Å²) in [5.41, 5.74) is 2.30. The summed E-state index contributed by atoms with van der Waals surface area (Å²) in [5.74, 6) is 0. The van der Waals surface area contributed by atoms with E-state index >= 15 is 0 Å². The van der Waals surface area contributed by atoms with Crippen molar-refractivity contribution in [3.05, 3.63) is 182 Å². The fourth-order valence-corrected chi connectivity index (χ4v) is 6.77. The lowest BCUT2D eigenvalue weighted by Crippen LogP contribution is -1.91. The Bertz CT molecular complexity index is 3710. The van der Waals surface area contributed by atoms with Crippen molar-refractivity contribution in [3.8, 4) is 44.5 Å². The first kappa shape index (κ1) is 16.1. The van der Waals surface area contributed by atoms with Gasteiger partial charge in [0, 0.05) is 10.8 Å². The van der Waals surface area contributed by atoms with Crippen LogP contribution in [-0.4, -0.2) is 0 Å². The van der Waals surface area contributed by atoms with Gasteiger partial charge < -0.3 is 4.42 Å². The third kappa shape index (κ3) is 4.47. The van der Waals surface area contributed by atoms with Crippen molar-refractivity contribution in [3.63, 3.8) is 0 Å². The summed E-state index contributed by atoms with van der Waals surface area (Å²) in [4.78, 5) is 0. The zero-order chi connectivity index (χ0) is 46.2. The summed E-state index contributed by atoms with van der Waals surface area (Å²) in [6.07, 6.45) is 0. The van der Waals surface area contributed by atoms with Gasteiger partial charge in [0.05, 0.1) is 21.9 Å². The van der Waals surface area contributed by atoms with E-state index in [1.54, 1.807) is 30.3 Å². The van der Waals surface area contributed by atoms with Crippen LogP contribution in [0.15, 0.2) is 186 Å². The van der Waals surface area contributed by atoms with Gasteiger partial charge >= 0.3 is 0 Å². The van der Waals surface area contributed by atoms with Gasteiger partial charge in [-0.25, -0.2) is 0 Å². The Kier molecular flexibility index (Phi) is 3.64. The lowest BCUT2D eigenvalue weighted by Gasteiger charge is -2.18. The quantitative estimate of drug-likeness (QED) is 0.175. The molecule has 0 atom stereocenters. The summed E-state index contributed by atoms with van der Waals surface area (Å²) < 4.78 is 146. The third-order valence-corrected chi connectivity index (χ3v) is 8.86. The molecule has 0 amide bonds. The number of rotatable bonds is 4. The molecule has 1 nitrogen and oxygen atoms in total. The highest BCUT2D eigenvalue weighted by Gasteiger charge is 2.20. The smallest absolute Gasteiger partial charge is 0.136 e. The molecule has 0 N–H and O–H groups in total. The molecule has 0 bridgehead atoms. The van der Waals surface area contributed by atoms with Crippen LogP contribution in [0.3, 0.4) is 0 Å². The van der Waals surface area contributed by atoms with E-state index in [1.165, 1.54) is 0 Å². The molecule has 9 aromatic carbocycles. The van der Waals surface area contributed by atoms with Crippen molar-refractivity contribution in [1.29, 1.82) is 0 Å². The van der Waals surface area contributed by atoms with E-state index in [9.17, 15) is 4.11 Å². The standard InChI is InChI=1S/C48H30O/c1-2-12-31(13-3-1)36-26-27-42-45(30-36)49-44-23-11-22-43(48(42)44)47-40-20-8-6-18-38(40)46(39-19-7-9-21-41(39)47)37-17-10-16-34(29-37)35-25-24-32-14-4-5-15-33(32)28-35/h1-30H/i1D,2D,3D,4D,5D,10D,12D,13D,14D,15D,16D,17D,24D,25D,28D,29D. The van der Waals surface area contributed by atoms with Crippen molar-refractivity contribution in [1.82, 2.24) is 0 Å². The fourth-order valence-electron chi connectivity index (χ4n) is 6.77. The van der Waals surface area contributed by atoms with E-state index in [1.807, 2.05) is 54.6 Å². The molecule has 10 rings (SSSR count). The maximum absolute atomic E-state index is 9.76. The molecule has 1 heteroatoms. The summed E-state index contributed by atoms with van der Waals surface area (Å²) in [7, 11) is 0. The van der Waals surface area contributed by atoms with Crippen molar-refractivity contribution in [2.24, 2.45) is 0 Å². The number of hydrogen-bond acceptors (Lipinski definition) is 1. The molecule has 1 aromatic heterocycles. The van der Waals surface area contributed by atoms with Crippen LogP contribution in [0.5, 0.6) is 0 Å². The van der Waals surface area contributed by atoms with Crippen molar-refractivity contribution < 1.29 is 26.3 Å². The lowest BCUT2D eigenvalue weighted by atomic mass is 9.84. The molecule has 0 fully saturated rings. The number of furan rings is 1. The number of hydrogen-bond donors (Lipinski definition) is 0. The minimum atomic E-state index is -0.663. The molecule has 0 aliphatic rings. The zero-order valence-corrected chi connectivity index (χ0v) is 25.5. The first-order valence-electron chi connectivity index (χ1n) is 23.5. The van der Waals surface area contributed by atoms with Crippen LogP contribution in [0.1, 0.15) is 21.9 Å². The molecule has 0 saturated heterocycles. The van der Waals surface area contributed by atoms with E-state index in [2.05, 4.69) is 0 Å². The van der Waals surface area contributed by atoms with Crippen molar-refractivity contribution in [2.75, 3.05) is 0 Å². The molecule has 0 saturated carbocycles. The van der Waals surface area contributed by atoms with E-state index < -0.39 is 95.7 Å². The molecule has 0 unspecified atom stereocenters. The minimum absolute atomic E-state index is 0.0395. The van der Waals surface area contributed by atoms with Crippen LogP contribution in [-0.2, 0) is 0 Å². The van der Waals surface area contributed by atoms with Crippen LogP contribution in [0, 0.1) is 0 Å². The van der Waals surface area contributed by atoms with Gasteiger partial charge in [-0.15, -0.1) is 0 Å². The molecule has 0 spiro atoms. The van der Waals surface area contributed by atoms with Crippen molar-refractivity contribution in [2.45, 2.75) is 0 Å². The Labute approximate surface area is 306 Å². The summed E-state index contributed by atoms with van der Waals surface area (Å²) in [5, 5.41) is 3.18. The second-order valence-electron chi connectivity index (χ2n) is 11.6. The second-order valence-corrected chi connectivity index (χ2v) is 11.6. The Morgan fingerprint density at radius 2 is 1.04 bits per heavy atom. The Balaban J connectivity index is 1.27. The van der Waals surface area contributed by atoms with Gasteiger partial charge in [-0.3, -0.25) is 0 Å². The molecule has 0 aliphatic heterocycles. The van der Waals surface area contributed by atoms with Gasteiger partial charge in [0.1, 0.15) is 11.2 Å². The van der Waals surface area contributed by atoms with Gasteiger partial charge in [0.25, 0.3) is 0 Å². The van der Waals surface area contributed by atoms with E-state index in [4.69, 9.17) is 22.2 Å². The molecule has 0 aliphatic carbocycles. The largest absolute Gasteiger partial charge is 0.456 e. The van der Waals surface area contributed by atoms with Crippen LogP contribution in [0.4, 0.5) is 0 Å². The summed E-state index contributed by atoms with van der Waals surface area (Å²) in [6, 6.07) is 16.7. The maximum atomic E-state index is 9.76. The molecule has 1 heterocycles. The van der Waals surface area contributed by atoms with Crippen molar-refractivity contribution >= 4 is 54.3 Å². The van der Waals surface area contributed by atoms with Gasteiger partial charge in [0.2, 0.25) is 0 Å². The SMILES string of the molecule is [2H]c1c([2H])c([2H])c(-c2ccc3c(c2)oc2cccc(-c4c5ccccc5c(-c5c([2H])c([2H])c([2H])c(-c6c([2H])c([2H])c7c([2H])c([2H])c([2H])c([2H])c7c6[2H])c5[2H])c5ccccc45)c23)c([2H])c1[2H]. The highest BCUT2D eigenvalue weighted by molar-refractivity contribution is 6.25. The lowest BCUT2D eigenvalue weighted by molar-refractivity contribution is 0.669. The molecule has 49 heavy (non-hydrogen) atoms. The highest BCUT2D eigenvalue weighted by atomic mass is 16.3. The average molecular weight is 639 g/mol. The predicted molar refractivity (Wildman–Crippen MR) is 208 cm³/mol. The van der Waals surface area contributed by atoms with E-state index in [0.29, 0.717) is 49.2 Å². The van der Waals surface area contributed by atoms with Crippen LogP contribution >= 0.6 is 0 Å². The molecule has 0 radical (unpaired) electrons. The monoisotopic (exact) mass is 638 g/mol.